The summed E-state index contributed by atoms with van der Waals surface area (Å²) in [6.45, 7) is 2.17. The highest BCUT2D eigenvalue weighted by atomic mass is 16.5. The minimum atomic E-state index is -0.0374. The molecule has 2 heterocycles. The van der Waals surface area contributed by atoms with Crippen molar-refractivity contribution in [1.82, 2.24) is 5.32 Å². The normalized spacial score (nSPS) is 42.5. The lowest BCUT2D eigenvalue weighted by Gasteiger charge is -2.43. The van der Waals surface area contributed by atoms with Gasteiger partial charge in [0.05, 0.1) is 12.2 Å². The first kappa shape index (κ1) is 9.60. The number of ether oxygens (including phenoxy) is 1. The smallest absolute Gasteiger partial charge is 0.223 e. The third kappa shape index (κ3) is 1.47. The molecule has 4 aliphatic rings. The summed E-state index contributed by atoms with van der Waals surface area (Å²) < 4.78 is 5.70. The highest BCUT2D eigenvalue weighted by Crippen LogP contribution is 2.56. The summed E-state index contributed by atoms with van der Waals surface area (Å²) in [5.41, 5.74) is 5.84. The molecule has 2 aliphatic carbocycles. The monoisotopic (exact) mass is 210 g/mol. The van der Waals surface area contributed by atoms with Gasteiger partial charge in [-0.05, 0) is 25.7 Å². The van der Waals surface area contributed by atoms with Gasteiger partial charge in [-0.25, -0.2) is 0 Å². The van der Waals surface area contributed by atoms with Crippen molar-refractivity contribution < 1.29 is 9.53 Å². The van der Waals surface area contributed by atoms with Gasteiger partial charge in [0, 0.05) is 24.4 Å². The first-order chi connectivity index (χ1) is 7.17. The first-order valence-electron chi connectivity index (χ1n) is 5.79. The van der Waals surface area contributed by atoms with Crippen LogP contribution in [0.25, 0.3) is 0 Å². The summed E-state index contributed by atoms with van der Waals surface area (Å²) in [7, 11) is 0. The van der Waals surface area contributed by atoms with E-state index in [-0.39, 0.29) is 16.9 Å². The Hall–Kier alpha value is -0.610. The van der Waals surface area contributed by atoms with E-state index in [2.05, 4.69) is 5.32 Å². The summed E-state index contributed by atoms with van der Waals surface area (Å²) in [5, 5.41) is 3.05. The average Bonchev–Trinajstić information content (AvgIpc) is 2.90. The average molecular weight is 210 g/mol. The van der Waals surface area contributed by atoms with Gasteiger partial charge in [0.1, 0.15) is 0 Å². The van der Waals surface area contributed by atoms with Crippen LogP contribution in [-0.2, 0) is 9.53 Å². The van der Waals surface area contributed by atoms with E-state index in [4.69, 9.17) is 10.5 Å². The van der Waals surface area contributed by atoms with Crippen LogP contribution < -0.4 is 11.1 Å². The Kier molecular flexibility index (Phi) is 1.89. The van der Waals surface area contributed by atoms with E-state index >= 15 is 0 Å². The zero-order valence-electron chi connectivity index (χ0n) is 8.92. The SMILES string of the molecule is NCC12CC(CNC(=O)C3CC3)(CO1)C2. The van der Waals surface area contributed by atoms with E-state index < -0.39 is 0 Å². The number of hydrogen-bond acceptors (Lipinski definition) is 3. The Morgan fingerprint density at radius 2 is 2.20 bits per heavy atom. The summed E-state index contributed by atoms with van der Waals surface area (Å²) in [5.74, 6) is 0.546. The Labute approximate surface area is 89.5 Å². The van der Waals surface area contributed by atoms with E-state index in [1.54, 1.807) is 0 Å². The number of amides is 1. The minimum absolute atomic E-state index is 0.0374. The predicted octanol–water partition coefficient (Wildman–Crippen LogP) is 0.0205. The summed E-state index contributed by atoms with van der Waals surface area (Å²) in [4.78, 5) is 11.5. The van der Waals surface area contributed by atoms with E-state index in [1.807, 2.05) is 0 Å². The fourth-order valence-electron chi connectivity index (χ4n) is 2.97. The molecule has 4 fully saturated rings. The summed E-state index contributed by atoms with van der Waals surface area (Å²) >= 11 is 0. The van der Waals surface area contributed by atoms with Crippen molar-refractivity contribution in [2.75, 3.05) is 19.7 Å². The van der Waals surface area contributed by atoms with Gasteiger partial charge >= 0.3 is 0 Å². The molecule has 0 unspecified atom stereocenters. The van der Waals surface area contributed by atoms with E-state index in [9.17, 15) is 4.79 Å². The first-order valence-corrected chi connectivity index (χ1v) is 5.79. The molecule has 0 radical (unpaired) electrons. The van der Waals surface area contributed by atoms with Gasteiger partial charge in [0.2, 0.25) is 5.91 Å². The molecule has 2 bridgehead atoms. The van der Waals surface area contributed by atoms with Crippen molar-refractivity contribution in [2.45, 2.75) is 31.3 Å². The molecule has 0 aromatic rings. The van der Waals surface area contributed by atoms with E-state index in [0.717, 1.165) is 38.8 Å². The second-order valence-electron chi connectivity index (χ2n) is 5.52. The molecule has 4 heteroatoms. The highest BCUT2D eigenvalue weighted by Gasteiger charge is 2.61. The number of fused-ring (bicyclic) bond motifs is 1. The number of nitrogens with two attached hydrogens (primary N) is 1. The molecule has 2 aliphatic heterocycles. The van der Waals surface area contributed by atoms with E-state index in [1.165, 1.54) is 0 Å². The van der Waals surface area contributed by atoms with E-state index in [0.29, 0.717) is 12.5 Å². The molecular formula is C11H18N2O2. The zero-order valence-corrected chi connectivity index (χ0v) is 8.92. The fraction of sp³-hybridized carbons (Fsp3) is 0.909. The maximum atomic E-state index is 11.5. The van der Waals surface area contributed by atoms with Crippen molar-refractivity contribution in [3.8, 4) is 0 Å². The van der Waals surface area contributed by atoms with Crippen molar-refractivity contribution in [1.29, 1.82) is 0 Å². The van der Waals surface area contributed by atoms with Gasteiger partial charge in [-0.3, -0.25) is 4.79 Å². The van der Waals surface area contributed by atoms with Crippen LogP contribution in [0.1, 0.15) is 25.7 Å². The maximum absolute atomic E-state index is 11.5. The maximum Gasteiger partial charge on any atom is 0.223 e. The molecule has 3 N–H and O–H groups in total. The number of hydrogen-bond donors (Lipinski definition) is 2. The molecule has 84 valence electrons. The minimum Gasteiger partial charge on any atom is -0.373 e. The Morgan fingerprint density at radius 3 is 2.73 bits per heavy atom. The lowest BCUT2D eigenvalue weighted by Crippen LogP contribution is -2.53. The number of rotatable bonds is 4. The number of nitrogens with one attached hydrogen (secondary N) is 1. The van der Waals surface area contributed by atoms with Gasteiger partial charge in [-0.15, -0.1) is 0 Å². The fourth-order valence-corrected chi connectivity index (χ4v) is 2.97. The molecule has 4 rings (SSSR count). The molecule has 0 aromatic heterocycles. The summed E-state index contributed by atoms with van der Waals surface area (Å²) in [6, 6.07) is 0. The van der Waals surface area contributed by atoms with Crippen LogP contribution in [0.4, 0.5) is 0 Å². The molecule has 0 aromatic carbocycles. The van der Waals surface area contributed by atoms with Crippen LogP contribution in [0.2, 0.25) is 0 Å². The van der Waals surface area contributed by atoms with Crippen LogP contribution in [-0.4, -0.2) is 31.2 Å². The number of carbonyl (C=O) groups is 1. The topological polar surface area (TPSA) is 64.3 Å². The third-order valence-corrected chi connectivity index (χ3v) is 4.04. The van der Waals surface area contributed by atoms with Crippen LogP contribution in [0.3, 0.4) is 0 Å². The molecule has 1 amide bonds. The van der Waals surface area contributed by atoms with Gasteiger partial charge in [-0.1, -0.05) is 0 Å². The molecular weight excluding hydrogens is 192 g/mol. The van der Waals surface area contributed by atoms with Gasteiger partial charge in [-0.2, -0.15) is 0 Å². The lowest BCUT2D eigenvalue weighted by molar-refractivity contribution is -0.123. The molecule has 2 saturated carbocycles. The summed E-state index contributed by atoms with van der Waals surface area (Å²) in [6.07, 6.45) is 4.20. The van der Waals surface area contributed by atoms with Crippen molar-refractivity contribution in [3.05, 3.63) is 0 Å². The second-order valence-corrected chi connectivity index (χ2v) is 5.52. The van der Waals surface area contributed by atoms with Crippen LogP contribution in [0, 0.1) is 11.3 Å². The van der Waals surface area contributed by atoms with Crippen molar-refractivity contribution in [2.24, 2.45) is 17.1 Å². The van der Waals surface area contributed by atoms with Crippen molar-refractivity contribution in [3.63, 3.8) is 0 Å². The lowest BCUT2D eigenvalue weighted by atomic mass is 9.62. The molecule has 15 heavy (non-hydrogen) atoms. The van der Waals surface area contributed by atoms with Crippen molar-refractivity contribution >= 4 is 5.91 Å². The zero-order chi connectivity index (χ0) is 10.5. The highest BCUT2D eigenvalue weighted by molar-refractivity contribution is 5.80. The molecule has 0 spiro atoms. The predicted molar refractivity (Wildman–Crippen MR) is 55.1 cm³/mol. The van der Waals surface area contributed by atoms with Crippen LogP contribution in [0.15, 0.2) is 0 Å². The second kappa shape index (κ2) is 2.95. The van der Waals surface area contributed by atoms with Gasteiger partial charge in [0.15, 0.2) is 0 Å². The molecule has 2 saturated heterocycles. The number of carbonyl (C=O) groups excluding carboxylic acids is 1. The van der Waals surface area contributed by atoms with Gasteiger partial charge < -0.3 is 15.8 Å². The van der Waals surface area contributed by atoms with Crippen LogP contribution in [0.5, 0.6) is 0 Å². The molecule has 4 nitrogen and oxygen atoms in total. The molecule has 0 atom stereocenters. The largest absolute Gasteiger partial charge is 0.373 e. The third-order valence-electron chi connectivity index (χ3n) is 4.04. The Balaban J connectivity index is 1.51. The Bertz CT molecular complexity index is 293. The quantitative estimate of drug-likeness (QED) is 0.687. The standard InChI is InChI=1S/C11H18N2O2/c12-5-11-3-10(4-11,7-15-11)6-13-9(14)8-1-2-8/h8H,1-7,12H2,(H,13,14). The van der Waals surface area contributed by atoms with Gasteiger partial charge in [0.25, 0.3) is 0 Å². The Morgan fingerprint density at radius 1 is 1.47 bits per heavy atom. The van der Waals surface area contributed by atoms with Crippen LogP contribution >= 0.6 is 0 Å².